The van der Waals surface area contributed by atoms with Crippen LogP contribution in [0.3, 0.4) is 0 Å². The number of aliphatic hydroxyl groups is 1. The second-order valence-corrected chi connectivity index (χ2v) is 5.71. The second kappa shape index (κ2) is 7.51. The molecule has 2 unspecified atom stereocenters. The number of rotatable bonds is 7. The van der Waals surface area contributed by atoms with E-state index in [0.717, 1.165) is 17.7 Å². The van der Waals surface area contributed by atoms with Gasteiger partial charge >= 0.3 is 0 Å². The fraction of sp³-hybridized carbons (Fsp3) is 0.625. The first-order chi connectivity index (χ1) is 8.93. The highest BCUT2D eigenvalue weighted by molar-refractivity contribution is 5.29. The lowest BCUT2D eigenvalue weighted by Crippen LogP contribution is -2.33. The average molecular weight is 265 g/mol. The van der Waals surface area contributed by atoms with Crippen molar-refractivity contribution in [3.63, 3.8) is 0 Å². The van der Waals surface area contributed by atoms with Gasteiger partial charge in [-0.05, 0) is 44.0 Å². The summed E-state index contributed by atoms with van der Waals surface area (Å²) in [5.41, 5.74) is 0.906. The Hall–Kier alpha value is -1.06. The van der Waals surface area contributed by atoms with Crippen molar-refractivity contribution < 1.29 is 9.84 Å². The molecule has 0 heterocycles. The van der Waals surface area contributed by atoms with Crippen LogP contribution >= 0.6 is 0 Å². The van der Waals surface area contributed by atoms with Crippen molar-refractivity contribution in [2.45, 2.75) is 39.3 Å². The summed E-state index contributed by atoms with van der Waals surface area (Å²) in [6, 6.07) is 8.11. The van der Waals surface area contributed by atoms with E-state index in [4.69, 9.17) is 4.74 Å². The highest BCUT2D eigenvalue weighted by Crippen LogP contribution is 2.21. The van der Waals surface area contributed by atoms with Gasteiger partial charge in [0.25, 0.3) is 0 Å². The molecule has 1 N–H and O–H groups in total. The van der Waals surface area contributed by atoms with Gasteiger partial charge in [0.15, 0.2) is 0 Å². The molecule has 1 aromatic carbocycles. The van der Waals surface area contributed by atoms with Crippen LogP contribution in [0.2, 0.25) is 0 Å². The summed E-state index contributed by atoms with van der Waals surface area (Å²) in [6.45, 7) is 7.30. The van der Waals surface area contributed by atoms with Gasteiger partial charge in [0, 0.05) is 12.6 Å². The molecular formula is C16H27NO2. The number of methoxy groups -OCH3 is 1. The SMILES string of the molecule is COc1cccc(C(O)CN(C)C(C)CC(C)C)c1. The highest BCUT2D eigenvalue weighted by Gasteiger charge is 2.16. The van der Waals surface area contributed by atoms with Crippen LogP contribution in [0.1, 0.15) is 38.9 Å². The van der Waals surface area contributed by atoms with Gasteiger partial charge in [-0.1, -0.05) is 26.0 Å². The van der Waals surface area contributed by atoms with Crippen molar-refractivity contribution in [2.24, 2.45) is 5.92 Å². The smallest absolute Gasteiger partial charge is 0.119 e. The van der Waals surface area contributed by atoms with Gasteiger partial charge in [-0.15, -0.1) is 0 Å². The molecule has 3 nitrogen and oxygen atoms in total. The van der Waals surface area contributed by atoms with Crippen LogP contribution in [0.15, 0.2) is 24.3 Å². The molecule has 0 radical (unpaired) electrons. The van der Waals surface area contributed by atoms with Crippen molar-refractivity contribution >= 4 is 0 Å². The third-order valence-corrected chi connectivity index (χ3v) is 3.50. The zero-order chi connectivity index (χ0) is 14.4. The molecule has 0 saturated carbocycles. The van der Waals surface area contributed by atoms with E-state index >= 15 is 0 Å². The zero-order valence-corrected chi connectivity index (χ0v) is 12.8. The van der Waals surface area contributed by atoms with Crippen LogP contribution in [0.4, 0.5) is 0 Å². The van der Waals surface area contributed by atoms with E-state index in [-0.39, 0.29) is 0 Å². The van der Waals surface area contributed by atoms with Crippen molar-refractivity contribution in [2.75, 3.05) is 20.7 Å². The van der Waals surface area contributed by atoms with Crippen molar-refractivity contribution in [1.82, 2.24) is 4.90 Å². The molecule has 108 valence electrons. The molecule has 3 heteroatoms. The van der Waals surface area contributed by atoms with Gasteiger partial charge in [0.1, 0.15) is 5.75 Å². The molecular weight excluding hydrogens is 238 g/mol. The fourth-order valence-corrected chi connectivity index (χ4v) is 2.27. The van der Waals surface area contributed by atoms with E-state index in [9.17, 15) is 5.11 Å². The predicted octanol–water partition coefficient (Wildman–Crippen LogP) is 3.10. The van der Waals surface area contributed by atoms with E-state index in [1.165, 1.54) is 0 Å². The van der Waals surface area contributed by atoms with Gasteiger partial charge in [-0.3, -0.25) is 0 Å². The Bertz CT molecular complexity index is 379. The number of hydrogen-bond acceptors (Lipinski definition) is 3. The number of likely N-dealkylation sites (N-methyl/N-ethyl adjacent to an activating group) is 1. The topological polar surface area (TPSA) is 32.7 Å². The lowest BCUT2D eigenvalue weighted by atomic mass is 10.0. The standard InChI is InChI=1S/C16H27NO2/c1-12(2)9-13(3)17(4)11-16(18)14-7-6-8-15(10-14)19-5/h6-8,10,12-13,16,18H,9,11H2,1-5H3. The van der Waals surface area contributed by atoms with Gasteiger partial charge in [-0.25, -0.2) is 0 Å². The number of hydrogen-bond donors (Lipinski definition) is 1. The third-order valence-electron chi connectivity index (χ3n) is 3.50. The summed E-state index contributed by atoms with van der Waals surface area (Å²) >= 11 is 0. The van der Waals surface area contributed by atoms with Crippen LogP contribution < -0.4 is 4.74 Å². The molecule has 0 aliphatic heterocycles. The Morgan fingerprint density at radius 2 is 1.95 bits per heavy atom. The Morgan fingerprint density at radius 3 is 2.53 bits per heavy atom. The quantitative estimate of drug-likeness (QED) is 0.822. The maximum atomic E-state index is 10.3. The van der Waals surface area contributed by atoms with E-state index in [0.29, 0.717) is 18.5 Å². The molecule has 0 amide bonds. The molecule has 0 spiro atoms. The summed E-state index contributed by atoms with van der Waals surface area (Å²) in [6.07, 6.45) is 0.663. The summed E-state index contributed by atoms with van der Waals surface area (Å²) in [7, 11) is 3.71. The predicted molar refractivity (Wildman–Crippen MR) is 79.5 cm³/mol. The van der Waals surface area contributed by atoms with Crippen LogP contribution in [0.25, 0.3) is 0 Å². The van der Waals surface area contributed by atoms with Gasteiger partial charge in [0.05, 0.1) is 13.2 Å². The minimum Gasteiger partial charge on any atom is -0.497 e. The van der Waals surface area contributed by atoms with Gasteiger partial charge in [-0.2, -0.15) is 0 Å². The summed E-state index contributed by atoms with van der Waals surface area (Å²) in [5, 5.41) is 10.3. The highest BCUT2D eigenvalue weighted by atomic mass is 16.5. The molecule has 1 rings (SSSR count). The molecule has 0 aliphatic carbocycles. The maximum Gasteiger partial charge on any atom is 0.119 e. The van der Waals surface area contributed by atoms with Crippen LogP contribution in [0, 0.1) is 5.92 Å². The van der Waals surface area contributed by atoms with E-state index in [1.807, 2.05) is 24.3 Å². The third kappa shape index (κ3) is 5.21. The van der Waals surface area contributed by atoms with E-state index in [2.05, 4.69) is 32.7 Å². The Morgan fingerprint density at radius 1 is 1.26 bits per heavy atom. The number of aliphatic hydroxyl groups excluding tert-OH is 1. The van der Waals surface area contributed by atoms with Crippen LogP contribution in [0.5, 0.6) is 5.75 Å². The molecule has 0 bridgehead atoms. The minimum absolute atomic E-state index is 0.472. The van der Waals surface area contributed by atoms with Crippen molar-refractivity contribution in [3.8, 4) is 5.75 Å². The van der Waals surface area contributed by atoms with Crippen LogP contribution in [-0.4, -0.2) is 36.8 Å². The lowest BCUT2D eigenvalue weighted by molar-refractivity contribution is 0.102. The summed E-state index contributed by atoms with van der Waals surface area (Å²) in [4.78, 5) is 2.21. The van der Waals surface area contributed by atoms with Gasteiger partial charge in [0.2, 0.25) is 0 Å². The Kier molecular flexibility index (Phi) is 6.32. The summed E-state index contributed by atoms with van der Waals surface area (Å²) in [5.74, 6) is 1.46. The molecule has 0 aliphatic rings. The summed E-state index contributed by atoms with van der Waals surface area (Å²) < 4.78 is 5.19. The number of benzene rings is 1. The largest absolute Gasteiger partial charge is 0.497 e. The monoisotopic (exact) mass is 265 g/mol. The molecule has 0 saturated heterocycles. The van der Waals surface area contributed by atoms with E-state index < -0.39 is 6.10 Å². The lowest BCUT2D eigenvalue weighted by Gasteiger charge is -2.28. The average Bonchev–Trinajstić information content (AvgIpc) is 2.37. The molecule has 19 heavy (non-hydrogen) atoms. The number of nitrogens with zero attached hydrogens (tertiary/aromatic N) is 1. The molecule has 0 fully saturated rings. The van der Waals surface area contributed by atoms with Crippen molar-refractivity contribution in [3.05, 3.63) is 29.8 Å². The first-order valence-corrected chi connectivity index (χ1v) is 6.96. The first-order valence-electron chi connectivity index (χ1n) is 6.96. The maximum absolute atomic E-state index is 10.3. The molecule has 1 aromatic rings. The van der Waals surface area contributed by atoms with Gasteiger partial charge < -0.3 is 14.7 Å². The molecule has 0 aromatic heterocycles. The van der Waals surface area contributed by atoms with Crippen LogP contribution in [-0.2, 0) is 0 Å². The fourth-order valence-electron chi connectivity index (χ4n) is 2.27. The second-order valence-electron chi connectivity index (χ2n) is 5.71. The van der Waals surface area contributed by atoms with E-state index in [1.54, 1.807) is 7.11 Å². The Balaban J connectivity index is 2.60. The van der Waals surface area contributed by atoms with Crippen molar-refractivity contribution in [1.29, 1.82) is 0 Å². The number of ether oxygens (including phenoxy) is 1. The first kappa shape index (κ1) is 16.0. The normalized spacial score (nSPS) is 14.7. The molecule has 2 atom stereocenters. The Labute approximate surface area is 117 Å². The zero-order valence-electron chi connectivity index (χ0n) is 12.8. The minimum atomic E-state index is -0.477.